The standard InChI is InChI=1S/C14H18N2O2S/c1-11(2)9-10-15-19(17,18)14-8-7-12-5-3-4-6-13(12)16-14/h3-8,11,15H,9-10H2,1-2H3. The highest BCUT2D eigenvalue weighted by atomic mass is 32.2. The quantitative estimate of drug-likeness (QED) is 0.914. The predicted molar refractivity (Wildman–Crippen MR) is 76.4 cm³/mol. The highest BCUT2D eigenvalue weighted by Crippen LogP contribution is 2.14. The number of hydrogen-bond acceptors (Lipinski definition) is 3. The van der Waals surface area contributed by atoms with Crippen LogP contribution in [0.25, 0.3) is 10.9 Å². The number of para-hydroxylation sites is 1. The van der Waals surface area contributed by atoms with Crippen LogP contribution in [0, 0.1) is 5.92 Å². The number of nitrogens with zero attached hydrogens (tertiary/aromatic N) is 1. The molecule has 0 fully saturated rings. The van der Waals surface area contributed by atoms with Crippen molar-refractivity contribution in [1.82, 2.24) is 9.71 Å². The second-order valence-corrected chi connectivity index (χ2v) is 6.64. The molecule has 0 saturated carbocycles. The average molecular weight is 278 g/mol. The third kappa shape index (κ3) is 3.52. The van der Waals surface area contributed by atoms with Gasteiger partial charge < -0.3 is 0 Å². The number of rotatable bonds is 5. The Bertz CT molecular complexity index is 666. The first-order valence-electron chi connectivity index (χ1n) is 6.34. The van der Waals surface area contributed by atoms with E-state index in [-0.39, 0.29) is 5.03 Å². The fraction of sp³-hybridized carbons (Fsp3) is 0.357. The van der Waals surface area contributed by atoms with Crippen molar-refractivity contribution in [2.75, 3.05) is 6.54 Å². The maximum atomic E-state index is 12.1. The van der Waals surface area contributed by atoms with Crippen LogP contribution in [0.1, 0.15) is 20.3 Å². The van der Waals surface area contributed by atoms with Gasteiger partial charge in [0.05, 0.1) is 5.52 Å². The minimum atomic E-state index is -3.51. The number of sulfonamides is 1. The molecule has 102 valence electrons. The molecule has 0 unspecified atom stereocenters. The van der Waals surface area contributed by atoms with Gasteiger partial charge in [0, 0.05) is 11.9 Å². The fourth-order valence-corrected chi connectivity index (χ4v) is 2.75. The number of nitrogens with one attached hydrogen (secondary N) is 1. The van der Waals surface area contributed by atoms with E-state index in [0.29, 0.717) is 18.0 Å². The molecule has 0 atom stereocenters. The second-order valence-electron chi connectivity index (χ2n) is 4.92. The molecule has 0 aliphatic heterocycles. The summed E-state index contributed by atoms with van der Waals surface area (Å²) in [6.07, 6.45) is 0.812. The predicted octanol–water partition coefficient (Wildman–Crippen LogP) is 2.56. The first kappa shape index (κ1) is 14.0. The molecule has 1 N–H and O–H groups in total. The second kappa shape index (κ2) is 5.67. The molecule has 1 aromatic heterocycles. The maximum absolute atomic E-state index is 12.1. The zero-order chi connectivity index (χ0) is 13.9. The van der Waals surface area contributed by atoms with Gasteiger partial charge in [0.2, 0.25) is 0 Å². The van der Waals surface area contributed by atoms with E-state index < -0.39 is 10.0 Å². The summed E-state index contributed by atoms with van der Waals surface area (Å²) in [5, 5.41) is 1.01. The zero-order valence-electron chi connectivity index (χ0n) is 11.1. The van der Waals surface area contributed by atoms with Crippen LogP contribution in [0.3, 0.4) is 0 Å². The van der Waals surface area contributed by atoms with Crippen molar-refractivity contribution in [1.29, 1.82) is 0 Å². The normalized spacial score (nSPS) is 12.2. The van der Waals surface area contributed by atoms with Crippen molar-refractivity contribution >= 4 is 20.9 Å². The van der Waals surface area contributed by atoms with Gasteiger partial charge >= 0.3 is 0 Å². The summed E-state index contributed by atoms with van der Waals surface area (Å²) < 4.78 is 26.7. The number of benzene rings is 1. The molecular weight excluding hydrogens is 260 g/mol. The van der Waals surface area contributed by atoms with Gasteiger partial charge in [-0.15, -0.1) is 0 Å². The Morgan fingerprint density at radius 3 is 2.63 bits per heavy atom. The maximum Gasteiger partial charge on any atom is 0.258 e. The Morgan fingerprint density at radius 2 is 1.89 bits per heavy atom. The van der Waals surface area contributed by atoms with E-state index in [9.17, 15) is 8.42 Å². The first-order valence-corrected chi connectivity index (χ1v) is 7.83. The van der Waals surface area contributed by atoms with Gasteiger partial charge in [-0.3, -0.25) is 0 Å². The lowest BCUT2D eigenvalue weighted by atomic mass is 10.1. The van der Waals surface area contributed by atoms with Gasteiger partial charge in [-0.1, -0.05) is 32.0 Å². The zero-order valence-corrected chi connectivity index (χ0v) is 11.9. The number of hydrogen-bond donors (Lipinski definition) is 1. The van der Waals surface area contributed by atoms with Gasteiger partial charge in [0.15, 0.2) is 5.03 Å². The van der Waals surface area contributed by atoms with E-state index in [1.165, 1.54) is 0 Å². The molecule has 0 bridgehead atoms. The lowest BCUT2D eigenvalue weighted by Crippen LogP contribution is -2.26. The van der Waals surface area contributed by atoms with Gasteiger partial charge in [0.1, 0.15) is 0 Å². The molecule has 1 heterocycles. The lowest BCUT2D eigenvalue weighted by molar-refractivity contribution is 0.549. The van der Waals surface area contributed by atoms with E-state index in [2.05, 4.69) is 23.6 Å². The molecule has 2 aromatic rings. The fourth-order valence-electron chi connectivity index (χ4n) is 1.75. The van der Waals surface area contributed by atoms with Crippen LogP contribution in [0.2, 0.25) is 0 Å². The van der Waals surface area contributed by atoms with Gasteiger partial charge in [0.25, 0.3) is 10.0 Å². The molecule has 0 saturated heterocycles. The smallest absolute Gasteiger partial charge is 0.235 e. The van der Waals surface area contributed by atoms with E-state index in [4.69, 9.17) is 0 Å². The summed E-state index contributed by atoms with van der Waals surface area (Å²) in [6, 6.07) is 10.8. The molecule has 0 amide bonds. The van der Waals surface area contributed by atoms with Crippen molar-refractivity contribution in [2.24, 2.45) is 5.92 Å². The molecule has 5 heteroatoms. The number of aromatic nitrogens is 1. The van der Waals surface area contributed by atoms with Crippen LogP contribution in [-0.2, 0) is 10.0 Å². The van der Waals surface area contributed by atoms with Crippen LogP contribution in [0.4, 0.5) is 0 Å². The molecule has 4 nitrogen and oxygen atoms in total. The first-order chi connectivity index (χ1) is 8.99. The minimum Gasteiger partial charge on any atom is -0.235 e. The van der Waals surface area contributed by atoms with E-state index in [1.54, 1.807) is 12.1 Å². The summed E-state index contributed by atoms with van der Waals surface area (Å²) in [7, 11) is -3.51. The molecule has 0 aliphatic rings. The Labute approximate surface area is 113 Å². The largest absolute Gasteiger partial charge is 0.258 e. The summed E-state index contributed by atoms with van der Waals surface area (Å²) in [6.45, 7) is 4.56. The summed E-state index contributed by atoms with van der Waals surface area (Å²) in [5.41, 5.74) is 0.689. The Morgan fingerprint density at radius 1 is 1.16 bits per heavy atom. The molecule has 2 rings (SSSR count). The number of fused-ring (bicyclic) bond motifs is 1. The van der Waals surface area contributed by atoms with Crippen molar-refractivity contribution in [3.63, 3.8) is 0 Å². The summed E-state index contributed by atoms with van der Waals surface area (Å²) >= 11 is 0. The van der Waals surface area contributed by atoms with Crippen molar-refractivity contribution in [3.05, 3.63) is 36.4 Å². The Kier molecular flexibility index (Phi) is 4.17. The monoisotopic (exact) mass is 278 g/mol. The van der Waals surface area contributed by atoms with Gasteiger partial charge in [-0.25, -0.2) is 18.1 Å². The van der Waals surface area contributed by atoms with Crippen molar-refractivity contribution in [2.45, 2.75) is 25.3 Å². The molecule has 0 aliphatic carbocycles. The number of pyridine rings is 1. The Balaban J connectivity index is 2.22. The highest BCUT2D eigenvalue weighted by molar-refractivity contribution is 7.89. The third-order valence-corrected chi connectivity index (χ3v) is 4.22. The summed E-state index contributed by atoms with van der Waals surface area (Å²) in [5.74, 6) is 0.465. The highest BCUT2D eigenvalue weighted by Gasteiger charge is 2.15. The van der Waals surface area contributed by atoms with Gasteiger partial charge in [-0.05, 0) is 30.5 Å². The van der Waals surface area contributed by atoms with E-state index in [0.717, 1.165) is 11.8 Å². The van der Waals surface area contributed by atoms with Crippen molar-refractivity contribution < 1.29 is 8.42 Å². The minimum absolute atomic E-state index is 0.0787. The van der Waals surface area contributed by atoms with Crippen LogP contribution in [0.5, 0.6) is 0 Å². The van der Waals surface area contributed by atoms with Crippen molar-refractivity contribution in [3.8, 4) is 0 Å². The van der Waals surface area contributed by atoms with E-state index >= 15 is 0 Å². The van der Waals surface area contributed by atoms with Gasteiger partial charge in [-0.2, -0.15) is 0 Å². The molecule has 0 radical (unpaired) electrons. The van der Waals surface area contributed by atoms with Crippen LogP contribution < -0.4 is 4.72 Å². The third-order valence-electron chi connectivity index (χ3n) is 2.86. The van der Waals surface area contributed by atoms with Crippen LogP contribution >= 0.6 is 0 Å². The Hall–Kier alpha value is -1.46. The topological polar surface area (TPSA) is 59.1 Å². The lowest BCUT2D eigenvalue weighted by Gasteiger charge is -2.08. The average Bonchev–Trinajstić information content (AvgIpc) is 2.37. The van der Waals surface area contributed by atoms with E-state index in [1.807, 2.05) is 24.3 Å². The SMILES string of the molecule is CC(C)CCNS(=O)(=O)c1ccc2ccccc2n1. The molecular formula is C14H18N2O2S. The molecule has 19 heavy (non-hydrogen) atoms. The van der Waals surface area contributed by atoms with Crippen LogP contribution in [-0.4, -0.2) is 19.9 Å². The molecule has 0 spiro atoms. The molecule has 1 aromatic carbocycles. The summed E-state index contributed by atoms with van der Waals surface area (Å²) in [4.78, 5) is 4.19. The van der Waals surface area contributed by atoms with Crippen LogP contribution in [0.15, 0.2) is 41.4 Å².